The van der Waals surface area contributed by atoms with E-state index in [2.05, 4.69) is 9.97 Å². The maximum Gasteiger partial charge on any atom is 0.220 e. The standard InChI is InChI=1S/C7H11N3/c1-3-6-4-5(2)9-7(8)10-6/h4H,3H2,1-2H3,(H2,8,9,10). The molecule has 0 bridgehead atoms. The summed E-state index contributed by atoms with van der Waals surface area (Å²) in [4.78, 5) is 7.97. The molecule has 0 unspecified atom stereocenters. The molecule has 2 N–H and O–H groups in total. The van der Waals surface area contributed by atoms with Crippen LogP contribution in [0.15, 0.2) is 6.07 Å². The first-order chi connectivity index (χ1) is 4.72. The van der Waals surface area contributed by atoms with Crippen LogP contribution in [0.4, 0.5) is 5.95 Å². The van der Waals surface area contributed by atoms with Gasteiger partial charge in [0.25, 0.3) is 0 Å². The van der Waals surface area contributed by atoms with Crippen molar-refractivity contribution in [2.45, 2.75) is 20.3 Å². The Balaban J connectivity index is 3.06. The van der Waals surface area contributed by atoms with Crippen LogP contribution >= 0.6 is 0 Å². The average Bonchev–Trinajstić information content (AvgIpc) is 1.85. The molecule has 0 aromatic carbocycles. The molecule has 0 atom stereocenters. The zero-order valence-corrected chi connectivity index (χ0v) is 6.26. The molecule has 0 aliphatic carbocycles. The Labute approximate surface area is 60.3 Å². The van der Waals surface area contributed by atoms with Crippen LogP contribution in [0.1, 0.15) is 18.3 Å². The van der Waals surface area contributed by atoms with Crippen molar-refractivity contribution < 1.29 is 0 Å². The van der Waals surface area contributed by atoms with Gasteiger partial charge in [0.15, 0.2) is 0 Å². The number of rotatable bonds is 1. The summed E-state index contributed by atoms with van der Waals surface area (Å²) in [6.07, 6.45) is 0.910. The minimum absolute atomic E-state index is 0.372. The molecule has 0 saturated carbocycles. The van der Waals surface area contributed by atoms with E-state index in [9.17, 15) is 0 Å². The predicted octanol–water partition coefficient (Wildman–Crippen LogP) is 0.930. The largest absolute Gasteiger partial charge is 0.368 e. The van der Waals surface area contributed by atoms with E-state index in [1.807, 2.05) is 19.9 Å². The first kappa shape index (κ1) is 6.99. The van der Waals surface area contributed by atoms with Gasteiger partial charge in [-0.3, -0.25) is 0 Å². The van der Waals surface area contributed by atoms with Crippen LogP contribution in [-0.4, -0.2) is 9.97 Å². The second kappa shape index (κ2) is 2.64. The van der Waals surface area contributed by atoms with E-state index < -0.39 is 0 Å². The fourth-order valence-corrected chi connectivity index (χ4v) is 0.840. The first-order valence-corrected chi connectivity index (χ1v) is 3.32. The van der Waals surface area contributed by atoms with Crippen LogP contribution in [0.5, 0.6) is 0 Å². The third-order valence-electron chi connectivity index (χ3n) is 1.29. The number of anilines is 1. The highest BCUT2D eigenvalue weighted by Crippen LogP contribution is 2.01. The van der Waals surface area contributed by atoms with E-state index >= 15 is 0 Å². The van der Waals surface area contributed by atoms with Crippen molar-refractivity contribution in [1.29, 1.82) is 0 Å². The van der Waals surface area contributed by atoms with Crippen molar-refractivity contribution in [2.75, 3.05) is 5.73 Å². The molecule has 0 fully saturated rings. The number of hydrogen-bond donors (Lipinski definition) is 1. The lowest BCUT2D eigenvalue weighted by Crippen LogP contribution is -1.99. The second-order valence-electron chi connectivity index (χ2n) is 2.21. The Morgan fingerprint density at radius 2 is 2.20 bits per heavy atom. The van der Waals surface area contributed by atoms with Crippen molar-refractivity contribution in [3.05, 3.63) is 17.5 Å². The zero-order valence-electron chi connectivity index (χ0n) is 6.26. The molecular weight excluding hydrogens is 126 g/mol. The van der Waals surface area contributed by atoms with Crippen molar-refractivity contribution in [2.24, 2.45) is 0 Å². The lowest BCUT2D eigenvalue weighted by atomic mass is 10.3. The molecule has 0 aliphatic heterocycles. The number of nitrogen functional groups attached to an aromatic ring is 1. The van der Waals surface area contributed by atoms with Crippen LogP contribution in [0.3, 0.4) is 0 Å². The zero-order chi connectivity index (χ0) is 7.56. The Bertz CT molecular complexity index is 212. The highest BCUT2D eigenvalue weighted by atomic mass is 15.0. The lowest BCUT2D eigenvalue weighted by molar-refractivity contribution is 0.987. The average molecular weight is 137 g/mol. The molecule has 0 spiro atoms. The van der Waals surface area contributed by atoms with Crippen molar-refractivity contribution >= 4 is 5.95 Å². The Kier molecular flexibility index (Phi) is 1.85. The number of aryl methyl sites for hydroxylation is 2. The smallest absolute Gasteiger partial charge is 0.220 e. The van der Waals surface area contributed by atoms with Gasteiger partial charge in [0.05, 0.1) is 0 Å². The summed E-state index contributed by atoms with van der Waals surface area (Å²) in [6, 6.07) is 1.94. The topological polar surface area (TPSA) is 51.8 Å². The van der Waals surface area contributed by atoms with E-state index in [4.69, 9.17) is 5.73 Å². The van der Waals surface area contributed by atoms with Gasteiger partial charge in [0.2, 0.25) is 5.95 Å². The lowest BCUT2D eigenvalue weighted by Gasteiger charge is -1.98. The molecule has 1 aromatic heterocycles. The second-order valence-corrected chi connectivity index (χ2v) is 2.21. The number of hydrogen-bond acceptors (Lipinski definition) is 3. The highest BCUT2D eigenvalue weighted by Gasteiger charge is 1.94. The van der Waals surface area contributed by atoms with Gasteiger partial charge in [-0.2, -0.15) is 0 Å². The maximum absolute atomic E-state index is 5.41. The third-order valence-corrected chi connectivity index (χ3v) is 1.29. The van der Waals surface area contributed by atoms with Gasteiger partial charge in [-0.05, 0) is 19.4 Å². The van der Waals surface area contributed by atoms with Gasteiger partial charge in [-0.15, -0.1) is 0 Å². The van der Waals surface area contributed by atoms with E-state index in [1.54, 1.807) is 0 Å². The Morgan fingerprint density at radius 1 is 1.50 bits per heavy atom. The van der Waals surface area contributed by atoms with Crippen LogP contribution in [0, 0.1) is 6.92 Å². The maximum atomic E-state index is 5.41. The van der Waals surface area contributed by atoms with E-state index in [1.165, 1.54) is 0 Å². The molecule has 1 rings (SSSR count). The minimum Gasteiger partial charge on any atom is -0.368 e. The van der Waals surface area contributed by atoms with Crippen LogP contribution in [0.2, 0.25) is 0 Å². The van der Waals surface area contributed by atoms with Gasteiger partial charge in [0, 0.05) is 11.4 Å². The molecule has 3 heteroatoms. The van der Waals surface area contributed by atoms with Crippen molar-refractivity contribution in [3.63, 3.8) is 0 Å². The van der Waals surface area contributed by atoms with Crippen LogP contribution in [-0.2, 0) is 6.42 Å². The molecule has 0 saturated heterocycles. The monoisotopic (exact) mass is 137 g/mol. The molecule has 1 heterocycles. The summed E-state index contributed by atoms with van der Waals surface area (Å²) < 4.78 is 0. The van der Waals surface area contributed by atoms with Gasteiger partial charge in [-0.25, -0.2) is 9.97 Å². The van der Waals surface area contributed by atoms with Crippen molar-refractivity contribution in [3.8, 4) is 0 Å². The molecule has 0 radical (unpaired) electrons. The van der Waals surface area contributed by atoms with Crippen molar-refractivity contribution in [1.82, 2.24) is 9.97 Å². The normalized spacial score (nSPS) is 9.80. The summed E-state index contributed by atoms with van der Waals surface area (Å²) in [7, 11) is 0. The minimum atomic E-state index is 0.372. The summed E-state index contributed by atoms with van der Waals surface area (Å²) in [5.74, 6) is 0.372. The fraction of sp³-hybridized carbons (Fsp3) is 0.429. The SMILES string of the molecule is CCc1cc(C)nc(N)n1. The van der Waals surface area contributed by atoms with E-state index in [0.717, 1.165) is 17.8 Å². The van der Waals surface area contributed by atoms with E-state index in [0.29, 0.717) is 5.95 Å². The molecule has 1 aromatic rings. The Morgan fingerprint density at radius 3 is 2.70 bits per heavy atom. The van der Waals surface area contributed by atoms with Gasteiger partial charge in [0.1, 0.15) is 0 Å². The molecule has 0 aliphatic rings. The third kappa shape index (κ3) is 1.43. The molecule has 54 valence electrons. The summed E-state index contributed by atoms with van der Waals surface area (Å²) >= 11 is 0. The summed E-state index contributed by atoms with van der Waals surface area (Å²) in [5, 5.41) is 0. The first-order valence-electron chi connectivity index (χ1n) is 3.32. The quantitative estimate of drug-likeness (QED) is 0.626. The van der Waals surface area contributed by atoms with Gasteiger partial charge in [-0.1, -0.05) is 6.92 Å². The highest BCUT2D eigenvalue weighted by molar-refractivity contribution is 5.21. The number of aromatic nitrogens is 2. The van der Waals surface area contributed by atoms with Crippen LogP contribution < -0.4 is 5.73 Å². The molecule has 0 amide bonds. The number of nitrogens with zero attached hydrogens (tertiary/aromatic N) is 2. The summed E-state index contributed by atoms with van der Waals surface area (Å²) in [5.41, 5.74) is 7.35. The Hall–Kier alpha value is -1.12. The van der Waals surface area contributed by atoms with Gasteiger partial charge < -0.3 is 5.73 Å². The number of nitrogens with two attached hydrogens (primary N) is 1. The van der Waals surface area contributed by atoms with E-state index in [-0.39, 0.29) is 0 Å². The fourth-order valence-electron chi connectivity index (χ4n) is 0.840. The predicted molar refractivity (Wildman–Crippen MR) is 40.6 cm³/mol. The molecule has 10 heavy (non-hydrogen) atoms. The molecule has 3 nitrogen and oxygen atoms in total. The molecular formula is C7H11N3. The van der Waals surface area contributed by atoms with Gasteiger partial charge >= 0.3 is 0 Å². The van der Waals surface area contributed by atoms with Crippen LogP contribution in [0.25, 0.3) is 0 Å². The summed E-state index contributed by atoms with van der Waals surface area (Å²) in [6.45, 7) is 3.96.